The molecule has 7 rings (SSSR count). The zero-order valence-corrected chi connectivity index (χ0v) is 35.9. The number of nitrogens with one attached hydrogen (secondary N) is 4. The summed E-state index contributed by atoms with van der Waals surface area (Å²) < 4.78 is 9.58. The van der Waals surface area contributed by atoms with Crippen LogP contribution in [-0.2, 0) is 19.1 Å². The second-order valence-electron chi connectivity index (χ2n) is 16.3. The van der Waals surface area contributed by atoms with Gasteiger partial charge in [0, 0.05) is 23.9 Å². The molecule has 58 heavy (non-hydrogen) atoms. The SMILES string of the molecule is COC(=O)N[C@@H](CSC)C(=O)N1C[Si](C)(C)C[C@H]1c1nc2ccc3cc(-c4ccc(-c5cnc([C@@H]6CCCN6C(=O)[C@@H](NC(=O)OC)C(C)C)[nH]5)cc4)ccc3c2[nH]1. The van der Waals surface area contributed by atoms with E-state index in [2.05, 4.69) is 82.2 Å². The van der Waals surface area contributed by atoms with Crippen LogP contribution in [0, 0.1) is 5.92 Å². The Balaban J connectivity index is 1.09. The Bertz CT molecular complexity index is 2330. The normalized spacial score (nSPS) is 18.8. The Morgan fingerprint density at radius 1 is 0.879 bits per heavy atom. The van der Waals surface area contributed by atoms with E-state index in [4.69, 9.17) is 19.4 Å². The highest BCUT2D eigenvalue weighted by Crippen LogP contribution is 2.39. The molecule has 2 saturated heterocycles. The van der Waals surface area contributed by atoms with E-state index in [-0.39, 0.29) is 29.8 Å². The van der Waals surface area contributed by atoms with Crippen molar-refractivity contribution in [3.05, 3.63) is 72.4 Å². The smallest absolute Gasteiger partial charge is 0.407 e. The van der Waals surface area contributed by atoms with Gasteiger partial charge in [-0.05, 0) is 65.3 Å². The molecule has 16 heteroatoms. The summed E-state index contributed by atoms with van der Waals surface area (Å²) in [5.74, 6) is 1.57. The number of ether oxygens (including phenoxy) is 2. The summed E-state index contributed by atoms with van der Waals surface area (Å²) in [4.78, 5) is 72.1. The van der Waals surface area contributed by atoms with E-state index < -0.39 is 32.3 Å². The van der Waals surface area contributed by atoms with Crippen molar-refractivity contribution in [1.29, 1.82) is 0 Å². The lowest BCUT2D eigenvalue weighted by molar-refractivity contribution is -0.135. The molecule has 4 heterocycles. The summed E-state index contributed by atoms with van der Waals surface area (Å²) in [5, 5.41) is 7.55. The van der Waals surface area contributed by atoms with Gasteiger partial charge >= 0.3 is 12.2 Å². The third kappa shape index (κ3) is 8.30. The highest BCUT2D eigenvalue weighted by atomic mass is 32.2. The van der Waals surface area contributed by atoms with Gasteiger partial charge in [0.15, 0.2) is 0 Å². The maximum absolute atomic E-state index is 13.9. The van der Waals surface area contributed by atoms with Crippen LogP contribution in [0.1, 0.15) is 50.4 Å². The Kier molecular flexibility index (Phi) is 11.9. The molecular weight excluding hydrogens is 773 g/mol. The number of likely N-dealkylation sites (tertiary alicyclic amines) is 1. The third-order valence-corrected chi connectivity index (χ3v) is 14.6. The molecule has 14 nitrogen and oxygen atoms in total. The minimum atomic E-state index is -1.77. The fraction of sp³-hybridized carbons (Fsp3) is 0.429. The van der Waals surface area contributed by atoms with Crippen LogP contribution in [0.3, 0.4) is 0 Å². The van der Waals surface area contributed by atoms with Crippen LogP contribution in [0.5, 0.6) is 0 Å². The number of amides is 4. The van der Waals surface area contributed by atoms with Gasteiger partial charge < -0.3 is 39.9 Å². The second kappa shape index (κ2) is 16.9. The molecule has 3 aromatic carbocycles. The lowest BCUT2D eigenvalue weighted by atomic mass is 9.99. The average molecular weight is 825 g/mol. The molecule has 0 saturated carbocycles. The molecule has 2 aromatic heterocycles. The van der Waals surface area contributed by atoms with E-state index >= 15 is 0 Å². The number of aromatic amines is 2. The van der Waals surface area contributed by atoms with Crippen molar-refractivity contribution < 1.29 is 28.7 Å². The van der Waals surface area contributed by atoms with Crippen molar-refractivity contribution in [1.82, 2.24) is 40.4 Å². The average Bonchev–Trinajstić information content (AvgIpc) is 4.04. The number of hydrogen-bond acceptors (Lipinski definition) is 9. The van der Waals surface area contributed by atoms with Gasteiger partial charge in [0.25, 0.3) is 0 Å². The van der Waals surface area contributed by atoms with Crippen molar-refractivity contribution in [2.45, 2.75) is 70.0 Å². The first-order chi connectivity index (χ1) is 27.8. The molecule has 2 aliphatic heterocycles. The van der Waals surface area contributed by atoms with Gasteiger partial charge in [-0.2, -0.15) is 11.8 Å². The van der Waals surface area contributed by atoms with Crippen molar-refractivity contribution in [3.8, 4) is 22.4 Å². The van der Waals surface area contributed by atoms with Crippen molar-refractivity contribution in [2.24, 2.45) is 5.92 Å². The van der Waals surface area contributed by atoms with Crippen LogP contribution in [0.25, 0.3) is 44.2 Å². The molecular formula is C42H52N8O6SSi. The molecule has 0 bridgehead atoms. The number of H-pyrrole nitrogens is 2. The first-order valence-corrected chi connectivity index (χ1v) is 24.5. The number of hydrogen-bond donors (Lipinski definition) is 4. The zero-order valence-electron chi connectivity index (χ0n) is 34.0. The number of methoxy groups -OCH3 is 2. The maximum atomic E-state index is 13.9. The first-order valence-electron chi connectivity index (χ1n) is 19.7. The van der Waals surface area contributed by atoms with Crippen molar-refractivity contribution in [2.75, 3.05) is 38.9 Å². The van der Waals surface area contributed by atoms with E-state index in [0.29, 0.717) is 18.5 Å². The predicted molar refractivity (Wildman–Crippen MR) is 229 cm³/mol. The summed E-state index contributed by atoms with van der Waals surface area (Å²) in [6.45, 7) is 8.97. The molecule has 0 spiro atoms. The van der Waals surface area contributed by atoms with Crippen LogP contribution < -0.4 is 10.6 Å². The van der Waals surface area contributed by atoms with Crippen LogP contribution in [0.2, 0.25) is 19.1 Å². The number of carbonyl (C=O) groups is 4. The number of rotatable bonds is 11. The van der Waals surface area contributed by atoms with Gasteiger partial charge in [-0.15, -0.1) is 0 Å². The van der Waals surface area contributed by atoms with Gasteiger partial charge in [0.05, 0.1) is 57.3 Å². The van der Waals surface area contributed by atoms with Crippen LogP contribution in [-0.4, -0.2) is 113 Å². The van der Waals surface area contributed by atoms with Crippen LogP contribution in [0.4, 0.5) is 9.59 Å². The van der Waals surface area contributed by atoms with E-state index in [1.165, 1.54) is 26.0 Å². The summed E-state index contributed by atoms with van der Waals surface area (Å²) in [5.41, 5.74) is 5.74. The van der Waals surface area contributed by atoms with Gasteiger partial charge in [0.1, 0.15) is 23.7 Å². The lowest BCUT2D eigenvalue weighted by Gasteiger charge is -2.30. The van der Waals surface area contributed by atoms with E-state index in [1.54, 1.807) is 0 Å². The second-order valence-corrected chi connectivity index (χ2v) is 22.3. The van der Waals surface area contributed by atoms with Crippen LogP contribution >= 0.6 is 11.8 Å². The third-order valence-electron chi connectivity index (χ3n) is 11.3. The molecule has 0 unspecified atom stereocenters. The van der Waals surface area contributed by atoms with Crippen molar-refractivity contribution >= 4 is 65.6 Å². The van der Waals surface area contributed by atoms with E-state index in [1.807, 2.05) is 42.2 Å². The molecule has 0 radical (unpaired) electrons. The van der Waals surface area contributed by atoms with E-state index in [9.17, 15) is 19.2 Å². The Morgan fingerprint density at radius 3 is 2.29 bits per heavy atom. The lowest BCUT2D eigenvalue weighted by Crippen LogP contribution is -2.51. The maximum Gasteiger partial charge on any atom is 0.407 e. The van der Waals surface area contributed by atoms with Gasteiger partial charge in [-0.25, -0.2) is 19.6 Å². The van der Waals surface area contributed by atoms with Gasteiger partial charge in [0.2, 0.25) is 11.8 Å². The van der Waals surface area contributed by atoms with Gasteiger partial charge in [-0.3, -0.25) is 9.59 Å². The molecule has 4 N–H and O–H groups in total. The number of carbonyl (C=O) groups excluding carboxylic acids is 4. The molecule has 4 atom stereocenters. The first kappa shape index (κ1) is 40.8. The summed E-state index contributed by atoms with van der Waals surface area (Å²) >= 11 is 1.50. The number of imidazole rings is 2. The highest BCUT2D eigenvalue weighted by Gasteiger charge is 2.45. The fourth-order valence-corrected chi connectivity index (χ4v) is 11.8. The van der Waals surface area contributed by atoms with E-state index in [0.717, 1.165) is 74.7 Å². The summed E-state index contributed by atoms with van der Waals surface area (Å²) in [7, 11) is 0.825. The van der Waals surface area contributed by atoms with Crippen LogP contribution in [0.15, 0.2) is 60.8 Å². The molecule has 0 aliphatic carbocycles. The summed E-state index contributed by atoms with van der Waals surface area (Å²) in [6.07, 6.45) is 4.79. The number of nitrogens with zero attached hydrogens (tertiary/aromatic N) is 4. The molecule has 306 valence electrons. The Labute approximate surface area is 343 Å². The zero-order chi connectivity index (χ0) is 41.3. The Hall–Kier alpha value is -5.35. The monoisotopic (exact) mass is 824 g/mol. The number of fused-ring (bicyclic) bond motifs is 3. The quantitative estimate of drug-likeness (QED) is 0.102. The fourth-order valence-electron chi connectivity index (χ4n) is 8.34. The predicted octanol–water partition coefficient (Wildman–Crippen LogP) is 7.04. The highest BCUT2D eigenvalue weighted by molar-refractivity contribution is 7.98. The number of thioether (sulfide) groups is 1. The van der Waals surface area contributed by atoms with Gasteiger partial charge in [-0.1, -0.05) is 69.4 Å². The minimum absolute atomic E-state index is 0.107. The molecule has 2 fully saturated rings. The summed E-state index contributed by atoms with van der Waals surface area (Å²) in [6, 6.07) is 17.9. The Morgan fingerprint density at radius 2 is 1.59 bits per heavy atom. The number of alkyl carbamates (subject to hydrolysis) is 2. The topological polar surface area (TPSA) is 175 Å². The molecule has 4 amide bonds. The van der Waals surface area contributed by atoms with Crippen molar-refractivity contribution in [3.63, 3.8) is 0 Å². The standard InChI is InChI=1S/C42H52N8O6SSi/c1-24(2)35(48-42(54)56-4)40(52)49-18-8-9-33(49)37-43-20-31(45-37)26-12-10-25(11-13-26)27-14-16-29-28(19-27)15-17-30-36(29)47-38(44-30)34-22-58(6,7)23-50(34)39(51)32(21-57-5)46-41(53)55-3/h10-17,19-20,24,32-35H,8-9,18,21-23H2,1-7H3,(H,43,45)(H,44,47)(H,46,53)(H,48,54)/t32-,33-,34-,35-/m0/s1. The number of benzene rings is 3. The minimum Gasteiger partial charge on any atom is -0.453 e. The molecule has 5 aromatic rings. The number of aromatic nitrogens is 4. The molecule has 2 aliphatic rings. The largest absolute Gasteiger partial charge is 0.453 e.